The largest absolute Gasteiger partial charge is 0.465 e. The van der Waals surface area contributed by atoms with Crippen LogP contribution in [0.3, 0.4) is 0 Å². The van der Waals surface area contributed by atoms with Crippen LogP contribution >= 0.6 is 0 Å². The summed E-state index contributed by atoms with van der Waals surface area (Å²) in [6.45, 7) is 0. The van der Waals surface area contributed by atoms with Crippen molar-refractivity contribution >= 4 is 21.7 Å². The molecule has 0 radical (unpaired) electrons. The molecular weight excluding hydrogens is 418 g/mol. The van der Waals surface area contributed by atoms with E-state index in [0.717, 1.165) is 25.6 Å². The summed E-state index contributed by atoms with van der Waals surface area (Å²) in [7, 11) is -3.19. The van der Waals surface area contributed by atoms with Crippen LogP contribution in [0.15, 0.2) is 47.5 Å². The van der Waals surface area contributed by atoms with Crippen molar-refractivity contribution < 1.29 is 26.7 Å². The van der Waals surface area contributed by atoms with Crippen molar-refractivity contribution in [3.05, 3.63) is 65.5 Å². The number of nitrogens with zero attached hydrogens (tertiary/aromatic N) is 3. The van der Waals surface area contributed by atoms with Gasteiger partial charge in [0.05, 0.1) is 40.8 Å². The van der Waals surface area contributed by atoms with Gasteiger partial charge in [0.2, 0.25) is 0 Å². The van der Waals surface area contributed by atoms with Gasteiger partial charge in [-0.15, -0.1) is 5.10 Å². The molecule has 0 spiro atoms. The molecule has 11 heteroatoms. The molecule has 1 aliphatic rings. The van der Waals surface area contributed by atoms with Gasteiger partial charge in [0.25, 0.3) is 10.0 Å². The van der Waals surface area contributed by atoms with E-state index >= 15 is 0 Å². The van der Waals surface area contributed by atoms with Crippen LogP contribution in [-0.2, 0) is 14.8 Å². The quantitative estimate of drug-likeness (QED) is 0.599. The summed E-state index contributed by atoms with van der Waals surface area (Å²) in [5, 5.41) is 8.13. The normalized spacial score (nSPS) is 13.8. The van der Waals surface area contributed by atoms with Crippen molar-refractivity contribution in [1.29, 1.82) is 0 Å². The van der Waals surface area contributed by atoms with Crippen LogP contribution in [0, 0.1) is 11.6 Å². The van der Waals surface area contributed by atoms with E-state index in [1.165, 1.54) is 28.9 Å². The van der Waals surface area contributed by atoms with Crippen molar-refractivity contribution in [2.45, 2.75) is 23.7 Å². The molecule has 1 N–H and O–H groups in total. The number of ether oxygens (including phenoxy) is 1. The Hall–Kier alpha value is -3.34. The lowest BCUT2D eigenvalue weighted by Gasteiger charge is -2.11. The van der Waals surface area contributed by atoms with E-state index in [-0.39, 0.29) is 4.90 Å². The maximum absolute atomic E-state index is 14.2. The maximum atomic E-state index is 14.2. The molecule has 0 unspecified atom stereocenters. The SMILES string of the molecule is COC(=O)c1cc(F)c(NS(=O)(=O)c2ccc(-n3cc(C4CC4)nn3)cc2)cc1F. The van der Waals surface area contributed by atoms with Crippen molar-refractivity contribution in [3.63, 3.8) is 0 Å². The Labute approximate surface area is 170 Å². The molecule has 1 heterocycles. The van der Waals surface area contributed by atoms with Gasteiger partial charge in [-0.25, -0.2) is 26.7 Å². The van der Waals surface area contributed by atoms with Gasteiger partial charge in [-0.2, -0.15) is 0 Å². The highest BCUT2D eigenvalue weighted by atomic mass is 32.2. The predicted octanol–water partition coefficient (Wildman–Crippen LogP) is 3.01. The van der Waals surface area contributed by atoms with Crippen LogP contribution in [0.2, 0.25) is 0 Å². The molecule has 0 aliphatic heterocycles. The Kier molecular flexibility index (Phi) is 4.98. The number of esters is 1. The predicted molar refractivity (Wildman–Crippen MR) is 102 cm³/mol. The lowest BCUT2D eigenvalue weighted by atomic mass is 10.2. The second-order valence-electron chi connectivity index (χ2n) is 6.77. The molecule has 0 bridgehead atoms. The molecule has 30 heavy (non-hydrogen) atoms. The van der Waals surface area contributed by atoms with Crippen molar-refractivity contribution in [2.75, 3.05) is 11.8 Å². The number of nitrogens with one attached hydrogen (secondary N) is 1. The molecule has 4 rings (SSSR count). The zero-order valence-electron chi connectivity index (χ0n) is 15.7. The van der Waals surface area contributed by atoms with Crippen LogP contribution in [0.4, 0.5) is 14.5 Å². The maximum Gasteiger partial charge on any atom is 0.340 e. The summed E-state index contributed by atoms with van der Waals surface area (Å²) < 4.78 is 61.2. The molecule has 0 saturated heterocycles. The number of carbonyl (C=O) groups excluding carboxylic acids is 1. The van der Waals surface area contributed by atoms with Gasteiger partial charge in [-0.1, -0.05) is 5.21 Å². The van der Waals surface area contributed by atoms with E-state index in [4.69, 9.17) is 0 Å². The van der Waals surface area contributed by atoms with E-state index in [1.807, 2.05) is 4.72 Å². The molecule has 0 amide bonds. The van der Waals surface area contributed by atoms with E-state index < -0.39 is 38.9 Å². The highest BCUT2D eigenvalue weighted by molar-refractivity contribution is 7.92. The third-order valence-corrected chi connectivity index (χ3v) is 6.01. The van der Waals surface area contributed by atoms with E-state index in [2.05, 4.69) is 15.0 Å². The smallest absolute Gasteiger partial charge is 0.340 e. The number of sulfonamides is 1. The monoisotopic (exact) mass is 434 g/mol. The van der Waals surface area contributed by atoms with Gasteiger partial charge < -0.3 is 4.74 Å². The summed E-state index contributed by atoms with van der Waals surface area (Å²) >= 11 is 0. The van der Waals surface area contributed by atoms with Gasteiger partial charge in [0.15, 0.2) is 0 Å². The first-order chi connectivity index (χ1) is 14.3. The fourth-order valence-electron chi connectivity index (χ4n) is 2.84. The zero-order chi connectivity index (χ0) is 21.5. The van der Waals surface area contributed by atoms with Gasteiger partial charge >= 0.3 is 5.97 Å². The second-order valence-corrected chi connectivity index (χ2v) is 8.45. The molecule has 156 valence electrons. The number of halogens is 2. The number of benzene rings is 2. The standard InChI is InChI=1S/C19H16F2N4O4S/c1-29-19(26)14-8-16(21)17(9-15(14)20)23-30(27,28)13-6-4-12(5-7-13)25-10-18(22-24-25)11-2-3-11/h4-11,23H,2-3H2,1H3. The number of hydrogen-bond acceptors (Lipinski definition) is 6. The Morgan fingerprint density at radius 1 is 1.17 bits per heavy atom. The average molecular weight is 434 g/mol. The van der Waals surface area contributed by atoms with E-state index in [1.54, 1.807) is 6.20 Å². The van der Waals surface area contributed by atoms with Gasteiger partial charge in [0.1, 0.15) is 11.6 Å². The third kappa shape index (κ3) is 3.88. The first-order valence-corrected chi connectivity index (χ1v) is 10.4. The highest BCUT2D eigenvalue weighted by Crippen LogP contribution is 2.38. The zero-order valence-corrected chi connectivity index (χ0v) is 16.5. The number of rotatable bonds is 6. The fourth-order valence-corrected chi connectivity index (χ4v) is 3.90. The molecular formula is C19H16F2N4O4S. The van der Waals surface area contributed by atoms with Gasteiger partial charge in [0, 0.05) is 12.0 Å². The molecule has 3 aromatic rings. The van der Waals surface area contributed by atoms with Gasteiger partial charge in [-0.05, 0) is 43.2 Å². The summed E-state index contributed by atoms with van der Waals surface area (Å²) in [4.78, 5) is 11.3. The minimum Gasteiger partial charge on any atom is -0.465 e. The minimum absolute atomic E-state index is 0.161. The molecule has 2 aromatic carbocycles. The number of anilines is 1. The van der Waals surface area contributed by atoms with E-state index in [9.17, 15) is 22.0 Å². The highest BCUT2D eigenvalue weighted by Gasteiger charge is 2.27. The summed E-state index contributed by atoms with van der Waals surface area (Å²) in [5.74, 6) is -2.88. The number of methoxy groups -OCH3 is 1. The Morgan fingerprint density at radius 3 is 2.50 bits per heavy atom. The summed E-state index contributed by atoms with van der Waals surface area (Å²) in [6.07, 6.45) is 3.96. The minimum atomic E-state index is -4.21. The van der Waals surface area contributed by atoms with Crippen LogP contribution in [-0.4, -0.2) is 36.5 Å². The lowest BCUT2D eigenvalue weighted by molar-refractivity contribution is 0.0595. The molecule has 8 nitrogen and oxygen atoms in total. The first-order valence-electron chi connectivity index (χ1n) is 8.91. The second kappa shape index (κ2) is 7.48. The van der Waals surface area contributed by atoms with Gasteiger partial charge in [-0.3, -0.25) is 4.72 Å². The van der Waals surface area contributed by atoms with Crippen LogP contribution < -0.4 is 4.72 Å². The van der Waals surface area contributed by atoms with Crippen LogP contribution in [0.5, 0.6) is 0 Å². The molecule has 0 atom stereocenters. The summed E-state index contributed by atoms with van der Waals surface area (Å²) in [6, 6.07) is 6.83. The molecule has 1 aromatic heterocycles. The molecule has 1 fully saturated rings. The number of hydrogen-bond donors (Lipinski definition) is 1. The average Bonchev–Trinajstić information content (AvgIpc) is 3.46. The number of carbonyl (C=O) groups is 1. The first kappa shape index (κ1) is 20.0. The van der Waals surface area contributed by atoms with Crippen molar-refractivity contribution in [1.82, 2.24) is 15.0 Å². The van der Waals surface area contributed by atoms with Crippen LogP contribution in [0.1, 0.15) is 34.8 Å². The van der Waals surface area contributed by atoms with Crippen molar-refractivity contribution in [3.8, 4) is 5.69 Å². The van der Waals surface area contributed by atoms with E-state index in [0.29, 0.717) is 23.7 Å². The topological polar surface area (TPSA) is 103 Å². The molecule has 1 aliphatic carbocycles. The Balaban J connectivity index is 1.56. The van der Waals surface area contributed by atoms with Crippen LogP contribution in [0.25, 0.3) is 5.69 Å². The fraction of sp³-hybridized carbons (Fsp3) is 0.211. The number of aromatic nitrogens is 3. The Bertz CT molecular complexity index is 1220. The lowest BCUT2D eigenvalue weighted by Crippen LogP contribution is -2.15. The Morgan fingerprint density at radius 2 is 1.87 bits per heavy atom. The summed E-state index contributed by atoms with van der Waals surface area (Å²) in [5.41, 5.74) is 0.226. The molecule has 1 saturated carbocycles. The van der Waals surface area contributed by atoms with Crippen molar-refractivity contribution in [2.24, 2.45) is 0 Å². The third-order valence-electron chi connectivity index (χ3n) is 4.62.